The first kappa shape index (κ1) is 9.67. The quantitative estimate of drug-likeness (QED) is 0.622. The SMILES string of the molecule is Cc1ccc2c(ccn2Cc2cccs2)c1. The van der Waals surface area contributed by atoms with E-state index in [9.17, 15) is 0 Å². The third kappa shape index (κ3) is 1.65. The summed E-state index contributed by atoms with van der Waals surface area (Å²) < 4.78 is 2.31. The highest BCUT2D eigenvalue weighted by molar-refractivity contribution is 7.09. The fraction of sp³-hybridized carbons (Fsp3) is 0.143. The molecule has 0 spiro atoms. The molecule has 0 fully saturated rings. The standard InChI is InChI=1S/C14H13NS/c1-11-4-5-14-12(9-11)6-7-15(14)10-13-3-2-8-16-13/h2-9H,10H2,1H3. The van der Waals surface area contributed by atoms with Crippen molar-refractivity contribution < 1.29 is 0 Å². The van der Waals surface area contributed by atoms with Gasteiger partial charge in [0.1, 0.15) is 0 Å². The lowest BCUT2D eigenvalue weighted by molar-refractivity contribution is 0.851. The van der Waals surface area contributed by atoms with Gasteiger partial charge in [0, 0.05) is 16.6 Å². The van der Waals surface area contributed by atoms with Crippen molar-refractivity contribution in [1.82, 2.24) is 4.57 Å². The number of aryl methyl sites for hydroxylation is 1. The molecule has 0 aliphatic heterocycles. The Kier molecular flexibility index (Phi) is 2.29. The van der Waals surface area contributed by atoms with Gasteiger partial charge in [-0.05, 0) is 42.0 Å². The van der Waals surface area contributed by atoms with Gasteiger partial charge in [0.25, 0.3) is 0 Å². The van der Waals surface area contributed by atoms with Gasteiger partial charge in [-0.3, -0.25) is 0 Å². The van der Waals surface area contributed by atoms with Crippen LogP contribution >= 0.6 is 11.3 Å². The lowest BCUT2D eigenvalue weighted by Gasteiger charge is -2.03. The molecule has 0 atom stereocenters. The molecule has 0 unspecified atom stereocenters. The fourth-order valence-corrected chi connectivity index (χ4v) is 2.73. The van der Waals surface area contributed by atoms with Gasteiger partial charge in [-0.2, -0.15) is 0 Å². The number of nitrogens with zero attached hydrogens (tertiary/aromatic N) is 1. The average Bonchev–Trinajstić information content (AvgIpc) is 2.89. The van der Waals surface area contributed by atoms with E-state index < -0.39 is 0 Å². The monoisotopic (exact) mass is 227 g/mol. The topological polar surface area (TPSA) is 4.93 Å². The van der Waals surface area contributed by atoms with Gasteiger partial charge in [-0.25, -0.2) is 0 Å². The van der Waals surface area contributed by atoms with E-state index in [4.69, 9.17) is 0 Å². The smallest absolute Gasteiger partial charge is 0.0569 e. The maximum Gasteiger partial charge on any atom is 0.0569 e. The lowest BCUT2D eigenvalue weighted by atomic mass is 10.2. The first-order chi connectivity index (χ1) is 7.83. The van der Waals surface area contributed by atoms with E-state index >= 15 is 0 Å². The summed E-state index contributed by atoms with van der Waals surface area (Å²) in [4.78, 5) is 1.40. The summed E-state index contributed by atoms with van der Waals surface area (Å²) in [7, 11) is 0. The Morgan fingerprint density at radius 2 is 2.12 bits per heavy atom. The molecule has 0 aliphatic rings. The van der Waals surface area contributed by atoms with E-state index in [0.29, 0.717) is 0 Å². The van der Waals surface area contributed by atoms with Crippen molar-refractivity contribution in [2.45, 2.75) is 13.5 Å². The van der Waals surface area contributed by atoms with Gasteiger partial charge in [-0.15, -0.1) is 11.3 Å². The molecule has 0 N–H and O–H groups in total. The van der Waals surface area contributed by atoms with Crippen LogP contribution < -0.4 is 0 Å². The molecule has 1 aromatic carbocycles. The van der Waals surface area contributed by atoms with E-state index in [1.807, 2.05) is 11.3 Å². The Bertz CT molecular complexity index is 605. The van der Waals surface area contributed by atoms with E-state index in [2.05, 4.69) is 59.5 Å². The zero-order valence-corrected chi connectivity index (χ0v) is 10.00. The third-order valence-electron chi connectivity index (χ3n) is 2.83. The zero-order chi connectivity index (χ0) is 11.0. The van der Waals surface area contributed by atoms with Crippen LogP contribution in [-0.4, -0.2) is 4.57 Å². The Morgan fingerprint density at radius 1 is 1.19 bits per heavy atom. The van der Waals surface area contributed by atoms with Crippen molar-refractivity contribution in [3.63, 3.8) is 0 Å². The molecule has 3 rings (SSSR count). The molecule has 0 radical (unpaired) electrons. The number of fused-ring (bicyclic) bond motifs is 1. The average molecular weight is 227 g/mol. The molecular weight excluding hydrogens is 214 g/mol. The third-order valence-corrected chi connectivity index (χ3v) is 3.69. The molecule has 2 aromatic heterocycles. The van der Waals surface area contributed by atoms with Gasteiger partial charge in [0.15, 0.2) is 0 Å². The van der Waals surface area contributed by atoms with Crippen LogP contribution in [0, 0.1) is 6.92 Å². The Hall–Kier alpha value is -1.54. The summed E-state index contributed by atoms with van der Waals surface area (Å²) in [6.07, 6.45) is 2.17. The minimum Gasteiger partial charge on any atom is -0.342 e. The van der Waals surface area contributed by atoms with Crippen LogP contribution in [0.3, 0.4) is 0 Å². The lowest BCUT2D eigenvalue weighted by Crippen LogP contribution is -1.95. The summed E-state index contributed by atoms with van der Waals surface area (Å²) >= 11 is 1.81. The Morgan fingerprint density at radius 3 is 2.94 bits per heavy atom. The van der Waals surface area contributed by atoms with Crippen LogP contribution in [0.15, 0.2) is 48.0 Å². The van der Waals surface area contributed by atoms with Crippen molar-refractivity contribution in [3.05, 3.63) is 58.4 Å². The van der Waals surface area contributed by atoms with Crippen molar-refractivity contribution in [2.24, 2.45) is 0 Å². The van der Waals surface area contributed by atoms with Gasteiger partial charge in [0.2, 0.25) is 0 Å². The summed E-state index contributed by atoms with van der Waals surface area (Å²) in [6, 6.07) is 13.1. The van der Waals surface area contributed by atoms with Gasteiger partial charge < -0.3 is 4.57 Å². The number of benzene rings is 1. The molecule has 16 heavy (non-hydrogen) atoms. The predicted molar refractivity (Wildman–Crippen MR) is 70.1 cm³/mol. The molecule has 0 saturated heterocycles. The van der Waals surface area contributed by atoms with Crippen molar-refractivity contribution in [2.75, 3.05) is 0 Å². The molecule has 0 aliphatic carbocycles. The first-order valence-electron chi connectivity index (χ1n) is 5.41. The first-order valence-corrected chi connectivity index (χ1v) is 6.29. The highest BCUT2D eigenvalue weighted by atomic mass is 32.1. The maximum absolute atomic E-state index is 2.31. The van der Waals surface area contributed by atoms with Crippen LogP contribution in [0.1, 0.15) is 10.4 Å². The van der Waals surface area contributed by atoms with Gasteiger partial charge in [0.05, 0.1) is 6.54 Å². The number of hydrogen-bond acceptors (Lipinski definition) is 1. The largest absolute Gasteiger partial charge is 0.342 e. The summed E-state index contributed by atoms with van der Waals surface area (Å²) in [5.74, 6) is 0. The second-order valence-electron chi connectivity index (χ2n) is 4.09. The molecule has 0 amide bonds. The molecule has 0 saturated carbocycles. The molecule has 0 bridgehead atoms. The van der Waals surface area contributed by atoms with Crippen LogP contribution in [-0.2, 0) is 6.54 Å². The second kappa shape index (κ2) is 3.80. The zero-order valence-electron chi connectivity index (χ0n) is 9.18. The van der Waals surface area contributed by atoms with Crippen LogP contribution in [0.4, 0.5) is 0 Å². The summed E-state index contributed by atoms with van der Waals surface area (Å²) in [5, 5.41) is 3.46. The van der Waals surface area contributed by atoms with E-state index in [1.165, 1.54) is 21.3 Å². The maximum atomic E-state index is 2.31. The molecule has 2 heterocycles. The number of hydrogen-bond donors (Lipinski definition) is 0. The summed E-state index contributed by atoms with van der Waals surface area (Å²) in [5.41, 5.74) is 2.64. The minimum absolute atomic E-state index is 0.976. The van der Waals surface area contributed by atoms with Crippen molar-refractivity contribution in [1.29, 1.82) is 0 Å². The molecular formula is C14H13NS. The predicted octanol–water partition coefficient (Wildman–Crippen LogP) is 4.06. The molecule has 2 heteroatoms. The Balaban J connectivity index is 2.04. The number of rotatable bonds is 2. The van der Waals surface area contributed by atoms with E-state index in [-0.39, 0.29) is 0 Å². The van der Waals surface area contributed by atoms with Gasteiger partial charge in [-0.1, -0.05) is 17.7 Å². The second-order valence-corrected chi connectivity index (χ2v) is 5.12. The van der Waals surface area contributed by atoms with Crippen LogP contribution in [0.2, 0.25) is 0 Å². The van der Waals surface area contributed by atoms with Crippen molar-refractivity contribution >= 4 is 22.2 Å². The van der Waals surface area contributed by atoms with E-state index in [0.717, 1.165) is 6.54 Å². The number of aromatic nitrogens is 1. The van der Waals surface area contributed by atoms with Gasteiger partial charge >= 0.3 is 0 Å². The molecule has 1 nitrogen and oxygen atoms in total. The highest BCUT2D eigenvalue weighted by Crippen LogP contribution is 2.20. The van der Waals surface area contributed by atoms with E-state index in [1.54, 1.807) is 0 Å². The summed E-state index contributed by atoms with van der Waals surface area (Å²) in [6.45, 7) is 3.11. The van der Waals surface area contributed by atoms with Crippen LogP contribution in [0.5, 0.6) is 0 Å². The minimum atomic E-state index is 0.976. The molecule has 80 valence electrons. The normalized spacial score (nSPS) is 11.1. The van der Waals surface area contributed by atoms with Crippen molar-refractivity contribution in [3.8, 4) is 0 Å². The molecule has 3 aromatic rings. The van der Waals surface area contributed by atoms with Crippen LogP contribution in [0.25, 0.3) is 10.9 Å². The highest BCUT2D eigenvalue weighted by Gasteiger charge is 2.02. The fourth-order valence-electron chi connectivity index (χ4n) is 2.03. The Labute approximate surface area is 99.0 Å². The number of thiophene rings is 1.